The first-order valence-corrected chi connectivity index (χ1v) is 8.96. The summed E-state index contributed by atoms with van der Waals surface area (Å²) in [5.74, 6) is 1.10. The Balaban J connectivity index is 1.63. The van der Waals surface area contributed by atoms with Crippen LogP contribution in [0.15, 0.2) is 42.5 Å². The van der Waals surface area contributed by atoms with Crippen LogP contribution in [0.4, 0.5) is 4.39 Å². The predicted octanol–water partition coefficient (Wildman–Crippen LogP) is 4.26. The monoisotopic (exact) mass is 335 g/mol. The van der Waals surface area contributed by atoms with Gasteiger partial charge in [0.1, 0.15) is 5.82 Å². The van der Waals surface area contributed by atoms with Gasteiger partial charge in [-0.1, -0.05) is 18.2 Å². The molecule has 0 bridgehead atoms. The van der Waals surface area contributed by atoms with Crippen LogP contribution in [0.1, 0.15) is 15.3 Å². The summed E-state index contributed by atoms with van der Waals surface area (Å²) in [6.45, 7) is 2.61. The van der Waals surface area contributed by atoms with E-state index in [1.54, 1.807) is 41.3 Å². The molecule has 1 amide bonds. The molecular formula is C17H18FNOS2. The maximum absolute atomic E-state index is 13.4. The number of aryl methyl sites for hydroxylation is 1. The largest absolute Gasteiger partial charge is 0.352 e. The highest BCUT2D eigenvalue weighted by Gasteiger charge is 2.01. The first-order valence-electron chi connectivity index (χ1n) is 6.98. The van der Waals surface area contributed by atoms with Gasteiger partial charge in [0.05, 0.1) is 0 Å². The molecule has 2 nitrogen and oxygen atoms in total. The molecular weight excluding hydrogens is 317 g/mol. The fourth-order valence-electron chi connectivity index (χ4n) is 1.80. The number of halogens is 1. The van der Waals surface area contributed by atoms with Crippen molar-refractivity contribution >= 4 is 35.1 Å². The Bertz CT molecular complexity index is 652. The average Bonchev–Trinajstić information content (AvgIpc) is 2.92. The van der Waals surface area contributed by atoms with Crippen molar-refractivity contribution in [1.82, 2.24) is 5.32 Å². The molecule has 1 aromatic heterocycles. The molecule has 0 saturated heterocycles. The number of rotatable bonds is 7. The number of benzene rings is 1. The third-order valence-corrected chi connectivity index (χ3v) is 4.90. The van der Waals surface area contributed by atoms with Gasteiger partial charge in [0.2, 0.25) is 5.91 Å². The summed E-state index contributed by atoms with van der Waals surface area (Å²) < 4.78 is 13.4. The smallest absolute Gasteiger partial charge is 0.244 e. The van der Waals surface area contributed by atoms with Crippen LogP contribution in [-0.2, 0) is 10.5 Å². The molecule has 0 aliphatic rings. The average molecular weight is 335 g/mol. The Morgan fingerprint density at radius 3 is 2.86 bits per heavy atom. The summed E-state index contributed by atoms with van der Waals surface area (Å²) in [6.07, 6.45) is 3.37. The van der Waals surface area contributed by atoms with Gasteiger partial charge in [-0.2, -0.15) is 11.8 Å². The number of amides is 1. The molecule has 2 aromatic rings. The quantitative estimate of drug-likeness (QED) is 0.605. The first kappa shape index (κ1) is 16.8. The van der Waals surface area contributed by atoms with Crippen LogP contribution in [0.2, 0.25) is 0 Å². The van der Waals surface area contributed by atoms with Crippen LogP contribution in [0, 0.1) is 12.7 Å². The van der Waals surface area contributed by atoms with E-state index in [0.717, 1.165) is 10.6 Å². The van der Waals surface area contributed by atoms with Crippen LogP contribution in [0.3, 0.4) is 0 Å². The molecule has 0 fully saturated rings. The van der Waals surface area contributed by atoms with E-state index < -0.39 is 0 Å². The molecule has 22 heavy (non-hydrogen) atoms. The normalized spacial score (nSPS) is 11.0. The Hall–Kier alpha value is -1.59. The van der Waals surface area contributed by atoms with Gasteiger partial charge in [-0.3, -0.25) is 4.79 Å². The van der Waals surface area contributed by atoms with E-state index in [9.17, 15) is 9.18 Å². The lowest BCUT2D eigenvalue weighted by atomic mass is 10.2. The van der Waals surface area contributed by atoms with Crippen LogP contribution in [0.5, 0.6) is 0 Å². The number of thiophene rings is 1. The second-order valence-corrected chi connectivity index (χ2v) is 7.14. The lowest BCUT2D eigenvalue weighted by molar-refractivity contribution is -0.116. The summed E-state index contributed by atoms with van der Waals surface area (Å²) in [6, 6.07) is 10.8. The van der Waals surface area contributed by atoms with Crippen LogP contribution >= 0.6 is 23.1 Å². The van der Waals surface area contributed by atoms with Crippen molar-refractivity contribution in [2.45, 2.75) is 12.7 Å². The van der Waals surface area contributed by atoms with Crippen molar-refractivity contribution in [3.8, 4) is 0 Å². The highest BCUT2D eigenvalue weighted by Crippen LogP contribution is 2.16. The predicted molar refractivity (Wildman–Crippen MR) is 93.7 cm³/mol. The van der Waals surface area contributed by atoms with Gasteiger partial charge in [0, 0.05) is 33.9 Å². The molecule has 1 aromatic carbocycles. The Kier molecular flexibility index (Phi) is 6.68. The van der Waals surface area contributed by atoms with E-state index in [1.807, 2.05) is 31.2 Å². The van der Waals surface area contributed by atoms with Gasteiger partial charge < -0.3 is 5.32 Å². The van der Waals surface area contributed by atoms with Crippen molar-refractivity contribution in [3.05, 3.63) is 63.6 Å². The van der Waals surface area contributed by atoms with E-state index in [4.69, 9.17) is 0 Å². The minimum Gasteiger partial charge on any atom is -0.352 e. The Morgan fingerprint density at radius 2 is 2.14 bits per heavy atom. The van der Waals surface area contributed by atoms with Gasteiger partial charge >= 0.3 is 0 Å². The topological polar surface area (TPSA) is 29.1 Å². The number of thioether (sulfide) groups is 1. The third-order valence-electron chi connectivity index (χ3n) is 2.92. The maximum atomic E-state index is 13.4. The molecule has 0 saturated carbocycles. The minimum atomic E-state index is -0.173. The van der Waals surface area contributed by atoms with Crippen molar-refractivity contribution in [2.24, 2.45) is 0 Å². The fraction of sp³-hybridized carbons (Fsp3) is 0.235. The molecule has 0 unspecified atom stereocenters. The van der Waals surface area contributed by atoms with E-state index in [2.05, 4.69) is 5.32 Å². The molecule has 0 radical (unpaired) electrons. The highest BCUT2D eigenvalue weighted by molar-refractivity contribution is 7.98. The first-order chi connectivity index (χ1) is 10.6. The number of hydrogen-bond acceptors (Lipinski definition) is 3. The highest BCUT2D eigenvalue weighted by atomic mass is 32.2. The molecule has 1 heterocycles. The standard InChI is InChI=1S/C17H18FNOS2/c1-13-6-7-15(22-13)8-9-17(20)19-10-11-21-12-14-4-2-3-5-16(14)18/h2-9H,10-12H2,1H3,(H,19,20)/b9-8+. The summed E-state index contributed by atoms with van der Waals surface area (Å²) in [5.41, 5.74) is 0.701. The lowest BCUT2D eigenvalue weighted by Crippen LogP contribution is -2.23. The van der Waals surface area contributed by atoms with Crippen molar-refractivity contribution in [2.75, 3.05) is 12.3 Å². The SMILES string of the molecule is Cc1ccc(/C=C/C(=O)NCCSCc2ccccc2F)s1. The Morgan fingerprint density at radius 1 is 1.32 bits per heavy atom. The van der Waals surface area contributed by atoms with Gasteiger partial charge in [0.15, 0.2) is 0 Å². The molecule has 0 aliphatic heterocycles. The van der Waals surface area contributed by atoms with Gasteiger partial charge in [-0.05, 0) is 36.8 Å². The fourth-order valence-corrected chi connectivity index (χ4v) is 3.43. The third kappa shape index (κ3) is 5.66. The van der Waals surface area contributed by atoms with E-state index >= 15 is 0 Å². The van der Waals surface area contributed by atoms with Crippen LogP contribution in [-0.4, -0.2) is 18.2 Å². The molecule has 0 spiro atoms. The number of carbonyl (C=O) groups is 1. The van der Waals surface area contributed by atoms with Gasteiger partial charge in [-0.25, -0.2) is 4.39 Å². The maximum Gasteiger partial charge on any atom is 0.244 e. The summed E-state index contributed by atoms with van der Waals surface area (Å²) >= 11 is 3.26. The van der Waals surface area contributed by atoms with Crippen LogP contribution < -0.4 is 5.32 Å². The molecule has 0 aliphatic carbocycles. The summed E-state index contributed by atoms with van der Waals surface area (Å²) in [4.78, 5) is 13.9. The molecule has 5 heteroatoms. The second-order valence-electron chi connectivity index (χ2n) is 4.72. The second kappa shape index (κ2) is 8.76. The van der Waals surface area contributed by atoms with Crippen molar-refractivity contribution < 1.29 is 9.18 Å². The molecule has 2 rings (SSSR count). The number of carbonyl (C=O) groups excluding carboxylic acids is 1. The van der Waals surface area contributed by atoms with Crippen molar-refractivity contribution in [3.63, 3.8) is 0 Å². The van der Waals surface area contributed by atoms with Gasteiger partial charge in [-0.15, -0.1) is 11.3 Å². The summed E-state index contributed by atoms with van der Waals surface area (Å²) in [5, 5.41) is 2.82. The molecule has 0 atom stereocenters. The Labute approximate surface area is 138 Å². The molecule has 1 N–H and O–H groups in total. The zero-order chi connectivity index (χ0) is 15.8. The number of nitrogens with one attached hydrogen (secondary N) is 1. The lowest BCUT2D eigenvalue weighted by Gasteiger charge is -2.04. The van der Waals surface area contributed by atoms with Crippen molar-refractivity contribution in [1.29, 1.82) is 0 Å². The number of hydrogen-bond donors (Lipinski definition) is 1. The van der Waals surface area contributed by atoms with E-state index in [0.29, 0.717) is 17.9 Å². The molecule has 116 valence electrons. The zero-order valence-electron chi connectivity index (χ0n) is 12.3. The van der Waals surface area contributed by atoms with Gasteiger partial charge in [0.25, 0.3) is 0 Å². The van der Waals surface area contributed by atoms with Crippen LogP contribution in [0.25, 0.3) is 6.08 Å². The van der Waals surface area contributed by atoms with E-state index in [1.165, 1.54) is 10.9 Å². The zero-order valence-corrected chi connectivity index (χ0v) is 14.0. The van der Waals surface area contributed by atoms with E-state index in [-0.39, 0.29) is 11.7 Å². The minimum absolute atomic E-state index is 0.0995. The summed E-state index contributed by atoms with van der Waals surface area (Å²) in [7, 11) is 0.